The number of nitrogens with one attached hydrogen (secondary N) is 2. The number of aryl methyl sites for hydroxylation is 1. The van der Waals surface area contributed by atoms with Gasteiger partial charge in [0.1, 0.15) is 0 Å². The first-order valence-electron chi connectivity index (χ1n) is 10.1. The van der Waals surface area contributed by atoms with Gasteiger partial charge in [-0.2, -0.15) is 0 Å². The molecule has 3 nitrogen and oxygen atoms in total. The molecule has 0 aliphatic carbocycles. The molecule has 0 saturated carbocycles. The van der Waals surface area contributed by atoms with Crippen molar-refractivity contribution in [2.24, 2.45) is 0 Å². The van der Waals surface area contributed by atoms with E-state index in [0.29, 0.717) is 18.1 Å². The molecule has 2 aliphatic rings. The number of hydrogen-bond donors (Lipinski definition) is 2. The van der Waals surface area contributed by atoms with Crippen molar-refractivity contribution in [1.82, 2.24) is 10.2 Å². The van der Waals surface area contributed by atoms with Crippen molar-refractivity contribution < 1.29 is 0 Å². The van der Waals surface area contributed by atoms with Gasteiger partial charge >= 0.3 is 0 Å². The molecular weight excluding hydrogens is 350 g/mol. The number of rotatable bonds is 4. The van der Waals surface area contributed by atoms with Crippen molar-refractivity contribution in [2.45, 2.75) is 63.7 Å². The molecule has 0 unspecified atom stereocenters. The number of anilines is 1. The van der Waals surface area contributed by atoms with E-state index in [9.17, 15) is 0 Å². The number of nitrogens with zero attached hydrogens (tertiary/aromatic N) is 1. The van der Waals surface area contributed by atoms with Crippen molar-refractivity contribution >= 4 is 23.0 Å². The fraction of sp³-hybridized carbons (Fsp3) is 0.435. The van der Waals surface area contributed by atoms with E-state index in [2.05, 4.69) is 71.0 Å². The molecule has 142 valence electrons. The Morgan fingerprint density at radius 2 is 1.67 bits per heavy atom. The number of fused-ring (bicyclic) bond motifs is 2. The van der Waals surface area contributed by atoms with E-state index in [4.69, 9.17) is 12.2 Å². The Kier molecular flexibility index (Phi) is 5.74. The highest BCUT2D eigenvalue weighted by Crippen LogP contribution is 2.35. The van der Waals surface area contributed by atoms with E-state index in [1.54, 1.807) is 0 Å². The van der Waals surface area contributed by atoms with Gasteiger partial charge in [0.05, 0.1) is 0 Å². The summed E-state index contributed by atoms with van der Waals surface area (Å²) in [7, 11) is 0. The third-order valence-electron chi connectivity index (χ3n) is 6.06. The number of para-hydroxylation sites is 1. The fourth-order valence-electron chi connectivity index (χ4n) is 4.71. The zero-order valence-corrected chi connectivity index (χ0v) is 16.8. The average Bonchev–Trinajstić information content (AvgIpc) is 2.65. The lowest BCUT2D eigenvalue weighted by Gasteiger charge is -2.49. The van der Waals surface area contributed by atoms with Gasteiger partial charge in [0.2, 0.25) is 0 Å². The van der Waals surface area contributed by atoms with E-state index < -0.39 is 0 Å². The zero-order valence-electron chi connectivity index (χ0n) is 16.0. The van der Waals surface area contributed by atoms with Crippen LogP contribution in [0.15, 0.2) is 54.6 Å². The maximum Gasteiger partial charge on any atom is 0.171 e. The van der Waals surface area contributed by atoms with Crippen LogP contribution in [0.3, 0.4) is 0 Å². The highest BCUT2D eigenvalue weighted by Gasteiger charge is 2.38. The second kappa shape index (κ2) is 8.41. The summed E-state index contributed by atoms with van der Waals surface area (Å²) in [6.45, 7) is 3.19. The Balaban J connectivity index is 1.37. The topological polar surface area (TPSA) is 27.3 Å². The summed E-state index contributed by atoms with van der Waals surface area (Å²) < 4.78 is 0. The molecule has 2 atom stereocenters. The molecule has 27 heavy (non-hydrogen) atoms. The predicted octanol–water partition coefficient (Wildman–Crippen LogP) is 4.87. The predicted molar refractivity (Wildman–Crippen MR) is 117 cm³/mol. The fourth-order valence-corrected chi connectivity index (χ4v) is 4.98. The van der Waals surface area contributed by atoms with Crippen molar-refractivity contribution in [3.8, 4) is 0 Å². The summed E-state index contributed by atoms with van der Waals surface area (Å²) in [6.07, 6.45) is 6.33. The van der Waals surface area contributed by atoms with Crippen LogP contribution in [0, 0.1) is 6.92 Å². The van der Waals surface area contributed by atoms with E-state index in [-0.39, 0.29) is 0 Å². The van der Waals surface area contributed by atoms with Gasteiger partial charge in [-0.25, -0.2) is 0 Å². The highest BCUT2D eigenvalue weighted by molar-refractivity contribution is 7.80. The lowest BCUT2D eigenvalue weighted by molar-refractivity contribution is 0.0212. The summed E-state index contributed by atoms with van der Waals surface area (Å²) in [5, 5.41) is 7.74. The van der Waals surface area contributed by atoms with Gasteiger partial charge in [0.25, 0.3) is 0 Å². The van der Waals surface area contributed by atoms with Crippen LogP contribution in [0.1, 0.15) is 43.2 Å². The van der Waals surface area contributed by atoms with E-state index in [1.165, 1.54) is 43.2 Å². The van der Waals surface area contributed by atoms with Crippen LogP contribution >= 0.6 is 12.2 Å². The van der Waals surface area contributed by atoms with Crippen LogP contribution in [-0.4, -0.2) is 28.1 Å². The molecule has 2 aromatic carbocycles. The van der Waals surface area contributed by atoms with Crippen molar-refractivity contribution in [3.05, 3.63) is 65.7 Å². The normalized spacial score (nSPS) is 25.0. The zero-order chi connectivity index (χ0) is 18.6. The van der Waals surface area contributed by atoms with Crippen LogP contribution in [0.5, 0.6) is 0 Å². The minimum Gasteiger partial charge on any atom is -0.360 e. The SMILES string of the molecule is Cc1ccccc1NC(=S)NC1C[C@H]2CCC[C@H](C1)N2Cc1ccccc1. The minimum absolute atomic E-state index is 0.469. The lowest BCUT2D eigenvalue weighted by atomic mass is 9.81. The molecule has 4 rings (SSSR count). The molecule has 0 spiro atoms. The molecule has 2 aromatic rings. The van der Waals surface area contributed by atoms with Crippen LogP contribution in [0.25, 0.3) is 0 Å². The van der Waals surface area contributed by atoms with E-state index in [1.807, 2.05) is 6.07 Å². The number of hydrogen-bond acceptors (Lipinski definition) is 2. The summed E-state index contributed by atoms with van der Waals surface area (Å²) in [4.78, 5) is 2.74. The lowest BCUT2D eigenvalue weighted by Crippen LogP contribution is -2.56. The Labute approximate surface area is 168 Å². The maximum atomic E-state index is 5.61. The maximum absolute atomic E-state index is 5.61. The van der Waals surface area contributed by atoms with E-state index in [0.717, 1.165) is 17.3 Å². The van der Waals surface area contributed by atoms with Crippen LogP contribution in [-0.2, 0) is 6.54 Å². The van der Waals surface area contributed by atoms with Gasteiger partial charge in [-0.15, -0.1) is 0 Å². The van der Waals surface area contributed by atoms with Crippen LogP contribution in [0.2, 0.25) is 0 Å². The molecular formula is C23H29N3S. The molecule has 0 radical (unpaired) electrons. The summed E-state index contributed by atoms with van der Waals surface area (Å²) in [5.41, 5.74) is 3.74. The van der Waals surface area contributed by atoms with Gasteiger partial charge in [-0.05, 0) is 62.0 Å². The largest absolute Gasteiger partial charge is 0.360 e. The van der Waals surface area contributed by atoms with Crippen molar-refractivity contribution in [1.29, 1.82) is 0 Å². The van der Waals surface area contributed by atoms with Crippen LogP contribution < -0.4 is 10.6 Å². The molecule has 2 aliphatic heterocycles. The summed E-state index contributed by atoms with van der Waals surface area (Å²) >= 11 is 5.61. The summed E-state index contributed by atoms with van der Waals surface area (Å²) in [5.74, 6) is 0. The third kappa shape index (κ3) is 4.50. The third-order valence-corrected chi connectivity index (χ3v) is 6.28. The molecule has 2 heterocycles. The molecule has 2 N–H and O–H groups in total. The first kappa shape index (κ1) is 18.5. The number of thiocarbonyl (C=S) groups is 1. The van der Waals surface area contributed by atoms with Gasteiger partial charge in [0.15, 0.2) is 5.11 Å². The van der Waals surface area contributed by atoms with Gasteiger partial charge < -0.3 is 10.6 Å². The van der Waals surface area contributed by atoms with Crippen molar-refractivity contribution in [2.75, 3.05) is 5.32 Å². The molecule has 0 amide bonds. The Bertz CT molecular complexity index is 762. The van der Waals surface area contributed by atoms with Gasteiger partial charge in [0, 0.05) is 30.4 Å². The molecule has 2 saturated heterocycles. The first-order valence-corrected chi connectivity index (χ1v) is 10.5. The monoisotopic (exact) mass is 379 g/mol. The highest BCUT2D eigenvalue weighted by atomic mass is 32.1. The quantitative estimate of drug-likeness (QED) is 0.742. The summed E-state index contributed by atoms with van der Waals surface area (Å²) in [6, 6.07) is 21.0. The Morgan fingerprint density at radius 3 is 2.37 bits per heavy atom. The molecule has 2 bridgehead atoms. The van der Waals surface area contributed by atoms with Crippen molar-refractivity contribution in [3.63, 3.8) is 0 Å². The number of benzene rings is 2. The smallest absolute Gasteiger partial charge is 0.171 e. The van der Waals surface area contributed by atoms with Gasteiger partial charge in [-0.1, -0.05) is 55.0 Å². The first-order chi connectivity index (χ1) is 13.2. The second-order valence-corrected chi connectivity index (χ2v) is 8.39. The second-order valence-electron chi connectivity index (χ2n) is 7.98. The average molecular weight is 380 g/mol. The molecule has 0 aromatic heterocycles. The van der Waals surface area contributed by atoms with Gasteiger partial charge in [-0.3, -0.25) is 4.90 Å². The Hall–Kier alpha value is -1.91. The molecule has 4 heteroatoms. The van der Waals surface area contributed by atoms with Crippen LogP contribution in [0.4, 0.5) is 5.69 Å². The Morgan fingerprint density at radius 1 is 1.00 bits per heavy atom. The molecule has 2 fully saturated rings. The number of piperidine rings is 2. The van der Waals surface area contributed by atoms with E-state index >= 15 is 0 Å². The minimum atomic E-state index is 0.469. The standard InChI is InChI=1S/C23H29N3S/c1-17-8-5-6-13-22(17)25-23(27)24-19-14-20-11-7-12-21(15-19)26(20)16-18-9-3-2-4-10-18/h2-6,8-10,13,19-21H,7,11-12,14-16H2,1H3,(H2,24,25,27)/t20-,21-/m1/s1.